The highest BCUT2D eigenvalue weighted by atomic mass is 16.7. The van der Waals surface area contributed by atoms with Crippen LogP contribution in [0.3, 0.4) is 0 Å². The molecule has 2 heterocycles. The summed E-state index contributed by atoms with van der Waals surface area (Å²) in [7, 11) is 1.87. The number of nitrogens with zero attached hydrogens (tertiary/aromatic N) is 3. The summed E-state index contributed by atoms with van der Waals surface area (Å²) in [5.74, 6) is 1.49. The van der Waals surface area contributed by atoms with Gasteiger partial charge in [-0.05, 0) is 24.3 Å². The summed E-state index contributed by atoms with van der Waals surface area (Å²) in [6.45, 7) is 0.191. The molecular weight excluding hydrogens is 332 g/mol. The molecule has 0 saturated heterocycles. The molecule has 0 aliphatic carbocycles. The molecule has 2 aromatic carbocycles. The highest BCUT2D eigenvalue weighted by Gasteiger charge is 2.15. The number of para-hydroxylation sites is 1. The largest absolute Gasteiger partial charge is 0.454 e. The van der Waals surface area contributed by atoms with Gasteiger partial charge >= 0.3 is 0 Å². The van der Waals surface area contributed by atoms with E-state index in [4.69, 9.17) is 9.47 Å². The standard InChI is InChI=1S/C19H16N4O3/c1-23(15-5-3-2-4-6-15)19-20-10-13(11-21-19)18(24)22-14-7-8-16-17(9-14)26-12-25-16/h2-11H,12H2,1H3,(H,22,24). The average molecular weight is 348 g/mol. The highest BCUT2D eigenvalue weighted by molar-refractivity contribution is 6.04. The molecular formula is C19H16N4O3. The van der Waals surface area contributed by atoms with Gasteiger partial charge in [-0.15, -0.1) is 0 Å². The summed E-state index contributed by atoms with van der Waals surface area (Å²) in [5, 5.41) is 2.80. The average Bonchev–Trinajstić information content (AvgIpc) is 3.16. The van der Waals surface area contributed by atoms with Crippen LogP contribution in [0.4, 0.5) is 17.3 Å². The fourth-order valence-electron chi connectivity index (χ4n) is 2.56. The molecule has 4 rings (SSSR count). The predicted octanol–water partition coefficient (Wildman–Crippen LogP) is 3.23. The first-order valence-electron chi connectivity index (χ1n) is 8.02. The maximum absolute atomic E-state index is 12.4. The van der Waals surface area contributed by atoms with E-state index in [1.165, 1.54) is 12.4 Å². The molecule has 1 aromatic heterocycles. The summed E-state index contributed by atoms with van der Waals surface area (Å²) < 4.78 is 10.6. The maximum atomic E-state index is 12.4. The van der Waals surface area contributed by atoms with E-state index in [9.17, 15) is 4.79 Å². The molecule has 1 aliphatic rings. The van der Waals surface area contributed by atoms with E-state index in [2.05, 4.69) is 15.3 Å². The van der Waals surface area contributed by atoms with Crippen LogP contribution < -0.4 is 19.7 Å². The lowest BCUT2D eigenvalue weighted by Gasteiger charge is -2.16. The lowest BCUT2D eigenvalue weighted by atomic mass is 10.2. The van der Waals surface area contributed by atoms with E-state index in [1.807, 2.05) is 42.3 Å². The van der Waals surface area contributed by atoms with Crippen molar-refractivity contribution in [3.05, 3.63) is 66.5 Å². The summed E-state index contributed by atoms with van der Waals surface area (Å²) >= 11 is 0. The third kappa shape index (κ3) is 3.14. The number of ether oxygens (including phenoxy) is 2. The van der Waals surface area contributed by atoms with Crippen LogP contribution in [0.5, 0.6) is 11.5 Å². The van der Waals surface area contributed by atoms with Gasteiger partial charge in [0, 0.05) is 36.9 Å². The van der Waals surface area contributed by atoms with Crippen molar-refractivity contribution in [2.24, 2.45) is 0 Å². The monoisotopic (exact) mass is 348 g/mol. The summed E-state index contributed by atoms with van der Waals surface area (Å²) in [4.78, 5) is 22.8. The first-order chi connectivity index (χ1) is 12.7. The van der Waals surface area contributed by atoms with Crippen LogP contribution in [0.2, 0.25) is 0 Å². The van der Waals surface area contributed by atoms with Gasteiger partial charge in [-0.1, -0.05) is 18.2 Å². The van der Waals surface area contributed by atoms with Crippen molar-refractivity contribution in [3.63, 3.8) is 0 Å². The van der Waals surface area contributed by atoms with Crippen molar-refractivity contribution in [1.29, 1.82) is 0 Å². The van der Waals surface area contributed by atoms with E-state index < -0.39 is 0 Å². The van der Waals surface area contributed by atoms with Crippen LogP contribution >= 0.6 is 0 Å². The zero-order valence-electron chi connectivity index (χ0n) is 14.0. The summed E-state index contributed by atoms with van der Waals surface area (Å²) in [5.41, 5.74) is 1.95. The zero-order valence-corrected chi connectivity index (χ0v) is 14.0. The molecule has 3 aromatic rings. The molecule has 0 saturated carbocycles. The number of fused-ring (bicyclic) bond motifs is 1. The van der Waals surface area contributed by atoms with E-state index in [-0.39, 0.29) is 12.7 Å². The maximum Gasteiger partial charge on any atom is 0.258 e. The van der Waals surface area contributed by atoms with Gasteiger partial charge in [0.2, 0.25) is 12.7 Å². The van der Waals surface area contributed by atoms with Gasteiger partial charge in [0.1, 0.15) is 0 Å². The topological polar surface area (TPSA) is 76.6 Å². The minimum atomic E-state index is -0.294. The van der Waals surface area contributed by atoms with Crippen molar-refractivity contribution in [3.8, 4) is 11.5 Å². The number of hydrogen-bond acceptors (Lipinski definition) is 6. The molecule has 0 atom stereocenters. The predicted molar refractivity (Wildman–Crippen MR) is 97.1 cm³/mol. The van der Waals surface area contributed by atoms with Crippen LogP contribution in [0.15, 0.2) is 60.9 Å². The quantitative estimate of drug-likeness (QED) is 0.780. The van der Waals surface area contributed by atoms with Crippen molar-refractivity contribution < 1.29 is 14.3 Å². The smallest absolute Gasteiger partial charge is 0.258 e. The lowest BCUT2D eigenvalue weighted by Crippen LogP contribution is -2.16. The molecule has 1 amide bonds. The molecule has 0 bridgehead atoms. The SMILES string of the molecule is CN(c1ccccc1)c1ncc(C(=O)Nc2ccc3c(c2)OCO3)cn1. The van der Waals surface area contributed by atoms with Crippen molar-refractivity contribution in [2.75, 3.05) is 24.1 Å². The van der Waals surface area contributed by atoms with E-state index in [0.717, 1.165) is 5.69 Å². The Kier molecular flexibility index (Phi) is 4.10. The second kappa shape index (κ2) is 6.72. The Morgan fingerprint density at radius 3 is 2.54 bits per heavy atom. The number of nitrogens with one attached hydrogen (secondary N) is 1. The number of aromatic nitrogens is 2. The molecule has 26 heavy (non-hydrogen) atoms. The molecule has 7 nitrogen and oxygen atoms in total. The first kappa shape index (κ1) is 15.9. The molecule has 1 aliphatic heterocycles. The number of anilines is 3. The fraction of sp³-hybridized carbons (Fsp3) is 0.105. The molecule has 130 valence electrons. The Morgan fingerprint density at radius 1 is 1.04 bits per heavy atom. The minimum absolute atomic E-state index is 0.191. The number of amides is 1. The Bertz CT molecular complexity index is 929. The molecule has 0 spiro atoms. The lowest BCUT2D eigenvalue weighted by molar-refractivity contribution is 0.102. The molecule has 1 N–H and O–H groups in total. The van der Waals surface area contributed by atoms with Gasteiger partial charge in [-0.25, -0.2) is 9.97 Å². The van der Waals surface area contributed by atoms with Crippen molar-refractivity contribution in [2.45, 2.75) is 0 Å². The Morgan fingerprint density at radius 2 is 1.77 bits per heavy atom. The van der Waals surface area contributed by atoms with Crippen LogP contribution in [-0.2, 0) is 0 Å². The van der Waals surface area contributed by atoms with E-state index in [0.29, 0.717) is 28.7 Å². The van der Waals surface area contributed by atoms with Crippen LogP contribution in [0.25, 0.3) is 0 Å². The number of benzene rings is 2. The number of carbonyl (C=O) groups is 1. The fourth-order valence-corrected chi connectivity index (χ4v) is 2.56. The second-order valence-corrected chi connectivity index (χ2v) is 5.69. The molecule has 0 radical (unpaired) electrons. The van der Waals surface area contributed by atoms with Crippen LogP contribution in [0.1, 0.15) is 10.4 Å². The second-order valence-electron chi connectivity index (χ2n) is 5.69. The number of hydrogen-bond donors (Lipinski definition) is 1. The van der Waals surface area contributed by atoms with Crippen molar-refractivity contribution in [1.82, 2.24) is 9.97 Å². The van der Waals surface area contributed by atoms with Gasteiger partial charge in [-0.3, -0.25) is 4.79 Å². The minimum Gasteiger partial charge on any atom is -0.454 e. The highest BCUT2D eigenvalue weighted by Crippen LogP contribution is 2.34. The van der Waals surface area contributed by atoms with E-state index in [1.54, 1.807) is 18.2 Å². The Hall–Kier alpha value is -3.61. The third-order valence-electron chi connectivity index (χ3n) is 3.97. The van der Waals surface area contributed by atoms with Gasteiger partial charge in [-0.2, -0.15) is 0 Å². The first-order valence-corrected chi connectivity index (χ1v) is 8.02. The van der Waals surface area contributed by atoms with Crippen LogP contribution in [0, 0.1) is 0 Å². The Labute approximate surface area is 150 Å². The van der Waals surface area contributed by atoms with Crippen LogP contribution in [-0.4, -0.2) is 29.7 Å². The van der Waals surface area contributed by atoms with Gasteiger partial charge in [0.25, 0.3) is 5.91 Å². The number of carbonyl (C=O) groups excluding carboxylic acids is 1. The molecule has 0 fully saturated rings. The summed E-state index contributed by atoms with van der Waals surface area (Å²) in [6, 6.07) is 15.0. The van der Waals surface area contributed by atoms with Gasteiger partial charge in [0.15, 0.2) is 11.5 Å². The van der Waals surface area contributed by atoms with Gasteiger partial charge < -0.3 is 19.7 Å². The zero-order chi connectivity index (χ0) is 17.9. The number of rotatable bonds is 4. The molecule has 0 unspecified atom stereocenters. The summed E-state index contributed by atoms with van der Waals surface area (Å²) in [6.07, 6.45) is 3.01. The van der Waals surface area contributed by atoms with Crippen molar-refractivity contribution >= 4 is 23.2 Å². The van der Waals surface area contributed by atoms with E-state index >= 15 is 0 Å². The third-order valence-corrected chi connectivity index (χ3v) is 3.97. The Balaban J connectivity index is 1.47. The normalized spacial score (nSPS) is 11.9. The van der Waals surface area contributed by atoms with Gasteiger partial charge in [0.05, 0.1) is 5.56 Å². The molecule has 7 heteroatoms.